The molecule has 17 heavy (non-hydrogen) atoms. The minimum absolute atomic E-state index is 0.115. The number of nitrogens with zero attached hydrogens (tertiary/aromatic N) is 2. The Bertz CT molecular complexity index is 458. The maximum absolute atomic E-state index is 11.2. The quantitative estimate of drug-likeness (QED) is 0.794. The standard InChI is InChI=1S/C11H11N3O3/c12-5-8-1-2-9(13-6-8)14-11(10(15)16)3-4-17-7-11/h1-2,6H,3-4,7H2,(H,13,14)(H,15,16). The predicted octanol–water partition coefficient (Wildman–Crippen LogP) is 0.609. The number of aliphatic carboxylic acids is 1. The molecule has 6 nitrogen and oxygen atoms in total. The molecule has 1 aromatic rings. The topological polar surface area (TPSA) is 95.2 Å². The molecule has 0 spiro atoms. The normalized spacial score (nSPS) is 23.0. The van der Waals surface area contributed by atoms with Gasteiger partial charge in [0, 0.05) is 19.2 Å². The van der Waals surface area contributed by atoms with Gasteiger partial charge in [0.25, 0.3) is 0 Å². The number of nitriles is 1. The fraction of sp³-hybridized carbons (Fsp3) is 0.364. The zero-order valence-electron chi connectivity index (χ0n) is 9.01. The van der Waals surface area contributed by atoms with Crippen molar-refractivity contribution in [3.05, 3.63) is 23.9 Å². The molecule has 1 unspecified atom stereocenters. The minimum Gasteiger partial charge on any atom is -0.479 e. The zero-order valence-corrected chi connectivity index (χ0v) is 9.01. The number of hydrogen-bond acceptors (Lipinski definition) is 5. The number of hydrogen-bond donors (Lipinski definition) is 2. The second-order valence-electron chi connectivity index (χ2n) is 3.86. The summed E-state index contributed by atoms with van der Waals surface area (Å²) in [6.45, 7) is 0.527. The molecular formula is C11H11N3O3. The van der Waals surface area contributed by atoms with Crippen LogP contribution in [0.5, 0.6) is 0 Å². The second kappa shape index (κ2) is 4.39. The third-order valence-corrected chi connectivity index (χ3v) is 2.69. The summed E-state index contributed by atoms with van der Waals surface area (Å²) in [6, 6.07) is 5.12. The van der Waals surface area contributed by atoms with E-state index in [-0.39, 0.29) is 6.61 Å². The highest BCUT2D eigenvalue weighted by atomic mass is 16.5. The average molecular weight is 233 g/mol. The number of carboxylic acid groups (broad SMARTS) is 1. The lowest BCUT2D eigenvalue weighted by Gasteiger charge is -2.24. The van der Waals surface area contributed by atoms with E-state index in [0.717, 1.165) is 0 Å². The molecule has 0 bridgehead atoms. The van der Waals surface area contributed by atoms with Crippen molar-refractivity contribution in [1.82, 2.24) is 4.98 Å². The molecule has 1 atom stereocenters. The first-order chi connectivity index (χ1) is 8.16. The third kappa shape index (κ3) is 2.19. The number of rotatable bonds is 3. The van der Waals surface area contributed by atoms with Crippen LogP contribution in [0.15, 0.2) is 18.3 Å². The Morgan fingerprint density at radius 2 is 2.47 bits per heavy atom. The molecule has 6 heteroatoms. The van der Waals surface area contributed by atoms with Crippen molar-refractivity contribution in [2.75, 3.05) is 18.5 Å². The molecule has 0 radical (unpaired) electrons. The summed E-state index contributed by atoms with van der Waals surface area (Å²) in [6.07, 6.45) is 1.79. The van der Waals surface area contributed by atoms with Crippen LogP contribution in [-0.2, 0) is 9.53 Å². The highest BCUT2D eigenvalue weighted by Gasteiger charge is 2.42. The first-order valence-corrected chi connectivity index (χ1v) is 5.12. The Kier molecular flexibility index (Phi) is 2.93. The lowest BCUT2D eigenvalue weighted by atomic mass is 9.99. The number of aromatic nitrogens is 1. The monoisotopic (exact) mass is 233 g/mol. The van der Waals surface area contributed by atoms with Gasteiger partial charge in [-0.2, -0.15) is 5.26 Å². The SMILES string of the molecule is N#Cc1ccc(NC2(C(=O)O)CCOC2)nc1. The van der Waals surface area contributed by atoms with Crippen molar-refractivity contribution in [2.45, 2.75) is 12.0 Å². The van der Waals surface area contributed by atoms with E-state index in [1.807, 2.05) is 6.07 Å². The van der Waals surface area contributed by atoms with Crippen LogP contribution in [-0.4, -0.2) is 34.8 Å². The van der Waals surface area contributed by atoms with Gasteiger partial charge in [0.15, 0.2) is 5.54 Å². The van der Waals surface area contributed by atoms with Gasteiger partial charge in [-0.1, -0.05) is 0 Å². The van der Waals surface area contributed by atoms with E-state index in [9.17, 15) is 9.90 Å². The molecule has 0 amide bonds. The Balaban J connectivity index is 2.18. The summed E-state index contributed by atoms with van der Waals surface area (Å²) >= 11 is 0. The van der Waals surface area contributed by atoms with Gasteiger partial charge in [0.05, 0.1) is 12.2 Å². The second-order valence-corrected chi connectivity index (χ2v) is 3.86. The Morgan fingerprint density at radius 3 is 2.94 bits per heavy atom. The van der Waals surface area contributed by atoms with Crippen LogP contribution < -0.4 is 5.32 Å². The Morgan fingerprint density at radius 1 is 1.65 bits per heavy atom. The van der Waals surface area contributed by atoms with Crippen LogP contribution in [0.3, 0.4) is 0 Å². The summed E-state index contributed by atoms with van der Waals surface area (Å²) in [5.74, 6) is -0.530. The highest BCUT2D eigenvalue weighted by Crippen LogP contribution is 2.23. The van der Waals surface area contributed by atoms with Crippen LogP contribution >= 0.6 is 0 Å². The third-order valence-electron chi connectivity index (χ3n) is 2.69. The van der Waals surface area contributed by atoms with Crippen molar-refractivity contribution in [1.29, 1.82) is 5.26 Å². The number of pyridine rings is 1. The van der Waals surface area contributed by atoms with Gasteiger partial charge in [0.1, 0.15) is 11.9 Å². The summed E-state index contributed by atoms with van der Waals surface area (Å²) < 4.78 is 5.12. The molecule has 1 fully saturated rings. The van der Waals surface area contributed by atoms with E-state index in [2.05, 4.69) is 10.3 Å². The smallest absolute Gasteiger partial charge is 0.331 e. The first kappa shape index (κ1) is 11.4. The van der Waals surface area contributed by atoms with Gasteiger partial charge in [-0.15, -0.1) is 0 Å². The van der Waals surface area contributed by atoms with Crippen LogP contribution in [0.1, 0.15) is 12.0 Å². The summed E-state index contributed by atoms with van der Waals surface area (Å²) in [5, 5.41) is 20.7. The van der Waals surface area contributed by atoms with E-state index in [1.165, 1.54) is 6.20 Å². The molecule has 0 saturated carbocycles. The maximum Gasteiger partial charge on any atom is 0.331 e. The highest BCUT2D eigenvalue weighted by molar-refractivity contribution is 5.83. The minimum atomic E-state index is -1.11. The van der Waals surface area contributed by atoms with Gasteiger partial charge in [-0.05, 0) is 12.1 Å². The maximum atomic E-state index is 11.2. The largest absolute Gasteiger partial charge is 0.479 e. The van der Waals surface area contributed by atoms with Gasteiger partial charge in [-0.3, -0.25) is 0 Å². The molecule has 2 N–H and O–H groups in total. The van der Waals surface area contributed by atoms with Gasteiger partial charge in [-0.25, -0.2) is 9.78 Å². The first-order valence-electron chi connectivity index (χ1n) is 5.12. The molecule has 0 aliphatic carbocycles. The van der Waals surface area contributed by atoms with Crippen LogP contribution in [0, 0.1) is 11.3 Å². The fourth-order valence-electron chi connectivity index (χ4n) is 1.66. The molecule has 1 saturated heterocycles. The van der Waals surface area contributed by atoms with E-state index < -0.39 is 11.5 Å². The zero-order chi connectivity index (χ0) is 12.3. The summed E-state index contributed by atoms with van der Waals surface area (Å²) in [4.78, 5) is 15.2. The number of nitrogens with one attached hydrogen (secondary N) is 1. The average Bonchev–Trinajstić information content (AvgIpc) is 2.80. The van der Waals surface area contributed by atoms with Crippen molar-refractivity contribution in [3.63, 3.8) is 0 Å². The predicted molar refractivity (Wildman–Crippen MR) is 58.4 cm³/mol. The lowest BCUT2D eigenvalue weighted by Crippen LogP contribution is -2.47. The van der Waals surface area contributed by atoms with E-state index >= 15 is 0 Å². The molecule has 1 aliphatic heterocycles. The Hall–Kier alpha value is -2.13. The molecule has 1 aromatic heterocycles. The molecular weight excluding hydrogens is 222 g/mol. The molecule has 88 valence electrons. The van der Waals surface area contributed by atoms with Crippen molar-refractivity contribution >= 4 is 11.8 Å². The van der Waals surface area contributed by atoms with Crippen LogP contribution in [0.2, 0.25) is 0 Å². The van der Waals surface area contributed by atoms with E-state index in [1.54, 1.807) is 12.1 Å². The summed E-state index contributed by atoms with van der Waals surface area (Å²) in [7, 11) is 0. The fourth-order valence-corrected chi connectivity index (χ4v) is 1.66. The van der Waals surface area contributed by atoms with Crippen molar-refractivity contribution in [2.24, 2.45) is 0 Å². The summed E-state index contributed by atoms with van der Waals surface area (Å²) in [5.41, 5.74) is -0.677. The van der Waals surface area contributed by atoms with Crippen molar-refractivity contribution in [3.8, 4) is 6.07 Å². The molecule has 0 aromatic carbocycles. The van der Waals surface area contributed by atoms with E-state index in [4.69, 9.17) is 10.00 Å². The Labute approximate surface area is 97.8 Å². The lowest BCUT2D eigenvalue weighted by molar-refractivity contribution is -0.142. The molecule has 2 heterocycles. The molecule has 1 aliphatic rings. The number of anilines is 1. The van der Waals surface area contributed by atoms with Crippen LogP contribution in [0.4, 0.5) is 5.82 Å². The van der Waals surface area contributed by atoms with Gasteiger partial charge < -0.3 is 15.2 Å². The molecule has 2 rings (SSSR count). The number of carbonyl (C=O) groups is 1. The van der Waals surface area contributed by atoms with Crippen molar-refractivity contribution < 1.29 is 14.6 Å². The van der Waals surface area contributed by atoms with Crippen LogP contribution in [0.25, 0.3) is 0 Å². The number of carboxylic acids is 1. The van der Waals surface area contributed by atoms with Gasteiger partial charge in [0.2, 0.25) is 0 Å². The van der Waals surface area contributed by atoms with E-state index in [0.29, 0.717) is 24.4 Å². The van der Waals surface area contributed by atoms with Gasteiger partial charge >= 0.3 is 5.97 Å². The number of ether oxygens (including phenoxy) is 1.